The van der Waals surface area contributed by atoms with E-state index in [1.807, 2.05) is 47.8 Å². The van der Waals surface area contributed by atoms with E-state index in [0.717, 1.165) is 30.7 Å². The number of likely N-dealkylation sites (N-methyl/N-ethyl adjacent to an activating group) is 1. The molecule has 2 aromatic carbocycles. The van der Waals surface area contributed by atoms with Gasteiger partial charge in [0.2, 0.25) is 5.95 Å². The van der Waals surface area contributed by atoms with Crippen LogP contribution in [0.5, 0.6) is 5.75 Å². The molecule has 198 valence electrons. The topological polar surface area (TPSA) is 124 Å². The molecule has 0 aliphatic carbocycles. The number of ether oxygens (including phenoxy) is 2. The number of fused-ring (bicyclic) bond motifs is 1. The maximum atomic E-state index is 12.0. The minimum absolute atomic E-state index is 0.0377. The minimum atomic E-state index is -0.387. The Morgan fingerprint density at radius 2 is 1.97 bits per heavy atom. The summed E-state index contributed by atoms with van der Waals surface area (Å²) >= 11 is 0. The van der Waals surface area contributed by atoms with Gasteiger partial charge in [-0.3, -0.25) is 15.0 Å². The van der Waals surface area contributed by atoms with Crippen molar-refractivity contribution >= 4 is 34.0 Å². The van der Waals surface area contributed by atoms with Gasteiger partial charge in [0.25, 0.3) is 5.69 Å². The molecular weight excluding hydrogens is 488 g/mol. The number of rotatable bonds is 9. The lowest BCUT2D eigenvalue weighted by molar-refractivity contribution is -0.384. The number of para-hydroxylation sites is 2. The number of benzene rings is 2. The fraction of sp³-hybridized carbons (Fsp3) is 0.346. The summed E-state index contributed by atoms with van der Waals surface area (Å²) in [6.07, 6.45) is 1.62. The van der Waals surface area contributed by atoms with E-state index in [1.54, 1.807) is 18.3 Å². The van der Waals surface area contributed by atoms with Crippen LogP contribution in [0.3, 0.4) is 0 Å². The molecule has 0 radical (unpaired) electrons. The average molecular weight is 519 g/mol. The van der Waals surface area contributed by atoms with Gasteiger partial charge in [0.15, 0.2) is 5.82 Å². The number of methoxy groups -OCH3 is 1. The molecule has 3 heterocycles. The predicted octanol–water partition coefficient (Wildman–Crippen LogP) is 3.46. The van der Waals surface area contributed by atoms with Gasteiger partial charge in [-0.1, -0.05) is 12.1 Å². The maximum absolute atomic E-state index is 12.0. The highest BCUT2D eigenvalue weighted by molar-refractivity contribution is 5.80. The number of nitro benzene ring substituents is 1. The third-order valence-corrected chi connectivity index (χ3v) is 6.68. The van der Waals surface area contributed by atoms with E-state index in [2.05, 4.69) is 20.2 Å². The molecule has 1 aliphatic rings. The van der Waals surface area contributed by atoms with Crippen LogP contribution < -0.4 is 15.0 Å². The van der Waals surface area contributed by atoms with E-state index in [0.29, 0.717) is 48.4 Å². The summed E-state index contributed by atoms with van der Waals surface area (Å²) in [6, 6.07) is 12.8. The first kappa shape index (κ1) is 25.4. The number of aromatic nitrogens is 4. The van der Waals surface area contributed by atoms with Gasteiger partial charge < -0.3 is 24.3 Å². The van der Waals surface area contributed by atoms with Gasteiger partial charge in [0.1, 0.15) is 17.1 Å². The molecule has 1 saturated heterocycles. The van der Waals surface area contributed by atoms with Crippen LogP contribution in [0.4, 0.5) is 23.0 Å². The van der Waals surface area contributed by atoms with E-state index in [4.69, 9.17) is 14.5 Å². The standard InChI is InChI=1S/C26H30N8O4/c1-31(10-11-33-12-14-38-15-13-33)22-17-24(37-3)20(16-23(22)34(35)36)30-26-27-9-8-19(29-26)25-28-18-6-4-5-7-21(18)32(25)2/h4-9,16-17H,10-15H2,1-3H3,(H,27,29,30). The zero-order valence-electron chi connectivity index (χ0n) is 21.6. The summed E-state index contributed by atoms with van der Waals surface area (Å²) in [5.74, 6) is 1.41. The number of nitrogens with one attached hydrogen (secondary N) is 1. The first-order valence-corrected chi connectivity index (χ1v) is 12.3. The predicted molar refractivity (Wildman–Crippen MR) is 145 cm³/mol. The highest BCUT2D eigenvalue weighted by Gasteiger charge is 2.23. The lowest BCUT2D eigenvalue weighted by atomic mass is 10.2. The van der Waals surface area contributed by atoms with E-state index >= 15 is 0 Å². The second-order valence-electron chi connectivity index (χ2n) is 9.05. The van der Waals surface area contributed by atoms with Crippen LogP contribution in [0.15, 0.2) is 48.7 Å². The van der Waals surface area contributed by atoms with Gasteiger partial charge in [0.05, 0.1) is 42.0 Å². The molecule has 12 nitrogen and oxygen atoms in total. The number of anilines is 3. The lowest BCUT2D eigenvalue weighted by Crippen LogP contribution is -2.40. The molecule has 1 aliphatic heterocycles. The van der Waals surface area contributed by atoms with Gasteiger partial charge >= 0.3 is 0 Å². The molecule has 0 unspecified atom stereocenters. The SMILES string of the molecule is COc1cc(N(C)CCN2CCOCC2)c([N+](=O)[O-])cc1Nc1nccc(-c2nc3ccccc3n2C)n1. The Balaban J connectivity index is 1.41. The summed E-state index contributed by atoms with van der Waals surface area (Å²) in [6.45, 7) is 4.53. The minimum Gasteiger partial charge on any atom is -0.494 e. The Kier molecular flexibility index (Phi) is 7.33. The number of aryl methyl sites for hydroxylation is 1. The van der Waals surface area contributed by atoms with Gasteiger partial charge in [-0.15, -0.1) is 0 Å². The van der Waals surface area contributed by atoms with Crippen LogP contribution in [0.2, 0.25) is 0 Å². The fourth-order valence-corrected chi connectivity index (χ4v) is 4.55. The first-order chi connectivity index (χ1) is 18.4. The molecular formula is C26H30N8O4. The van der Waals surface area contributed by atoms with Gasteiger partial charge in [-0.2, -0.15) is 0 Å². The first-order valence-electron chi connectivity index (χ1n) is 12.3. The largest absolute Gasteiger partial charge is 0.494 e. The normalized spacial score (nSPS) is 14.0. The van der Waals surface area contributed by atoms with Crippen LogP contribution in [-0.2, 0) is 11.8 Å². The zero-order chi connectivity index (χ0) is 26.6. The van der Waals surface area contributed by atoms with Gasteiger partial charge in [0, 0.05) is 58.6 Å². The third-order valence-electron chi connectivity index (χ3n) is 6.68. The van der Waals surface area contributed by atoms with Crippen molar-refractivity contribution in [1.29, 1.82) is 0 Å². The molecule has 1 N–H and O–H groups in total. The molecule has 5 rings (SSSR count). The summed E-state index contributed by atoms with van der Waals surface area (Å²) in [5, 5.41) is 15.1. The van der Waals surface area contributed by atoms with E-state index in [-0.39, 0.29) is 16.6 Å². The van der Waals surface area contributed by atoms with Crippen molar-refractivity contribution < 1.29 is 14.4 Å². The zero-order valence-corrected chi connectivity index (χ0v) is 21.6. The van der Waals surface area contributed by atoms with Crippen molar-refractivity contribution in [2.45, 2.75) is 0 Å². The molecule has 1 fully saturated rings. The van der Waals surface area contributed by atoms with Crippen molar-refractivity contribution in [3.63, 3.8) is 0 Å². The van der Waals surface area contributed by atoms with Gasteiger partial charge in [-0.05, 0) is 18.2 Å². The van der Waals surface area contributed by atoms with E-state index in [9.17, 15) is 10.1 Å². The molecule has 2 aromatic heterocycles. The quantitative estimate of drug-likeness (QED) is 0.260. The number of hydrogen-bond acceptors (Lipinski definition) is 10. The van der Waals surface area contributed by atoms with Gasteiger partial charge in [-0.25, -0.2) is 15.0 Å². The molecule has 0 spiro atoms. The maximum Gasteiger partial charge on any atom is 0.294 e. The molecule has 0 amide bonds. The molecule has 38 heavy (non-hydrogen) atoms. The summed E-state index contributed by atoms with van der Waals surface area (Å²) in [4.78, 5) is 29.5. The van der Waals surface area contributed by atoms with Crippen LogP contribution in [0.1, 0.15) is 0 Å². The molecule has 0 bridgehead atoms. The van der Waals surface area contributed by atoms with E-state index < -0.39 is 0 Å². The van der Waals surface area contributed by atoms with Crippen molar-refractivity contribution in [2.75, 3.05) is 63.8 Å². The Hall–Kier alpha value is -4.29. The summed E-state index contributed by atoms with van der Waals surface area (Å²) in [5.41, 5.74) is 3.30. The molecule has 4 aromatic rings. The highest BCUT2D eigenvalue weighted by Crippen LogP contribution is 2.39. The van der Waals surface area contributed by atoms with Crippen molar-refractivity contribution in [3.8, 4) is 17.3 Å². The number of nitro groups is 1. The Morgan fingerprint density at radius 3 is 2.71 bits per heavy atom. The van der Waals surface area contributed by atoms with Crippen molar-refractivity contribution in [1.82, 2.24) is 24.4 Å². The Labute approximate surface area is 220 Å². The van der Waals surface area contributed by atoms with Crippen LogP contribution >= 0.6 is 0 Å². The number of imidazole rings is 1. The van der Waals surface area contributed by atoms with Crippen LogP contribution in [-0.4, -0.2) is 82.9 Å². The summed E-state index contributed by atoms with van der Waals surface area (Å²) < 4.78 is 13.0. The lowest BCUT2D eigenvalue weighted by Gasteiger charge is -2.29. The number of nitrogens with zero attached hydrogens (tertiary/aromatic N) is 7. The second-order valence-corrected chi connectivity index (χ2v) is 9.05. The Morgan fingerprint density at radius 1 is 1.18 bits per heavy atom. The van der Waals surface area contributed by atoms with Crippen LogP contribution in [0, 0.1) is 10.1 Å². The third kappa shape index (κ3) is 5.22. The van der Waals surface area contributed by atoms with E-state index in [1.165, 1.54) is 13.2 Å². The molecule has 0 saturated carbocycles. The fourth-order valence-electron chi connectivity index (χ4n) is 4.55. The highest BCUT2D eigenvalue weighted by atomic mass is 16.6. The second kappa shape index (κ2) is 11.0. The van der Waals surface area contributed by atoms with Crippen molar-refractivity contribution in [3.05, 3.63) is 58.8 Å². The number of hydrogen-bond donors (Lipinski definition) is 1. The smallest absolute Gasteiger partial charge is 0.294 e. The molecule has 0 atom stereocenters. The van der Waals surface area contributed by atoms with Crippen LogP contribution in [0.25, 0.3) is 22.6 Å². The monoisotopic (exact) mass is 518 g/mol. The van der Waals surface area contributed by atoms with Crippen molar-refractivity contribution in [2.24, 2.45) is 7.05 Å². The Bertz CT molecular complexity index is 1450. The number of morpholine rings is 1. The molecule has 12 heteroatoms. The summed E-state index contributed by atoms with van der Waals surface area (Å²) in [7, 11) is 5.31. The average Bonchev–Trinajstić information content (AvgIpc) is 3.28.